The van der Waals surface area contributed by atoms with E-state index in [4.69, 9.17) is 4.74 Å². The van der Waals surface area contributed by atoms with Crippen LogP contribution in [-0.4, -0.2) is 11.5 Å². The number of ether oxygens (including phenoxy) is 1. The van der Waals surface area contributed by atoms with E-state index in [1.54, 1.807) is 12.3 Å². The molecule has 0 heterocycles. The Morgan fingerprint density at radius 3 is 2.56 bits per heavy atom. The smallest absolute Gasteiger partial charge is 0.283 e. The first kappa shape index (κ1) is 19.3. The Kier molecular flexibility index (Phi) is 6.88. The Morgan fingerprint density at radius 2 is 1.92 bits per heavy atom. The standard InChI is InChI=1S/C20H24FNO2S/c1-5-14-8-7-9-18(22-20(23)25-4)16(14)12-24-19-10-13(3)15(6-2)11-17(19)21/h7-11H,5-6,12H2,1-4H3,(H,22,23). The second-order valence-electron chi connectivity index (χ2n) is 5.76. The zero-order chi connectivity index (χ0) is 18.4. The van der Waals surface area contributed by atoms with Crippen LogP contribution in [0.25, 0.3) is 0 Å². The summed E-state index contributed by atoms with van der Waals surface area (Å²) in [6.07, 6.45) is 3.31. The van der Waals surface area contributed by atoms with Gasteiger partial charge in [0.05, 0.1) is 0 Å². The topological polar surface area (TPSA) is 38.3 Å². The van der Waals surface area contributed by atoms with Crippen LogP contribution in [-0.2, 0) is 19.4 Å². The molecule has 0 radical (unpaired) electrons. The maximum absolute atomic E-state index is 14.3. The molecule has 0 aliphatic rings. The molecule has 0 aliphatic carbocycles. The predicted molar refractivity (Wildman–Crippen MR) is 103 cm³/mol. The Bertz CT molecular complexity index is 762. The molecule has 1 N–H and O–H groups in total. The van der Waals surface area contributed by atoms with Crippen molar-refractivity contribution in [2.45, 2.75) is 40.2 Å². The van der Waals surface area contributed by atoms with Crippen LogP contribution in [0, 0.1) is 12.7 Å². The number of hydrogen-bond acceptors (Lipinski definition) is 3. The summed E-state index contributed by atoms with van der Waals surface area (Å²) in [7, 11) is 0. The van der Waals surface area contributed by atoms with E-state index in [1.165, 1.54) is 6.07 Å². The number of halogens is 1. The second kappa shape index (κ2) is 8.90. The number of anilines is 1. The maximum atomic E-state index is 14.3. The van der Waals surface area contributed by atoms with Gasteiger partial charge in [-0.2, -0.15) is 0 Å². The summed E-state index contributed by atoms with van der Waals surface area (Å²) in [6, 6.07) is 9.01. The van der Waals surface area contributed by atoms with Gasteiger partial charge in [0, 0.05) is 11.3 Å². The van der Waals surface area contributed by atoms with Crippen LogP contribution >= 0.6 is 11.8 Å². The summed E-state index contributed by atoms with van der Waals surface area (Å²) < 4.78 is 20.0. The summed E-state index contributed by atoms with van der Waals surface area (Å²) >= 11 is 1.11. The first-order valence-electron chi connectivity index (χ1n) is 8.37. The number of thioether (sulfide) groups is 1. The second-order valence-corrected chi connectivity index (χ2v) is 6.54. The number of nitrogens with one attached hydrogen (secondary N) is 1. The SMILES string of the molecule is CCc1cc(F)c(OCc2c(CC)cccc2NC(=O)SC)cc1C. The summed E-state index contributed by atoms with van der Waals surface area (Å²) in [5, 5.41) is 2.73. The molecule has 0 unspecified atom stereocenters. The zero-order valence-corrected chi connectivity index (χ0v) is 15.9. The van der Waals surface area contributed by atoms with Crippen molar-refractivity contribution < 1.29 is 13.9 Å². The molecule has 2 rings (SSSR count). The van der Waals surface area contributed by atoms with Crippen molar-refractivity contribution in [1.29, 1.82) is 0 Å². The van der Waals surface area contributed by atoms with E-state index < -0.39 is 0 Å². The van der Waals surface area contributed by atoms with Crippen molar-refractivity contribution in [1.82, 2.24) is 0 Å². The van der Waals surface area contributed by atoms with Crippen molar-refractivity contribution >= 4 is 22.7 Å². The minimum absolute atomic E-state index is 0.135. The number of benzene rings is 2. The van der Waals surface area contributed by atoms with Crippen LogP contribution in [0.3, 0.4) is 0 Å². The molecule has 0 aromatic heterocycles. The highest BCUT2D eigenvalue weighted by atomic mass is 32.2. The van der Waals surface area contributed by atoms with Crippen molar-refractivity contribution in [3.8, 4) is 5.75 Å². The molecule has 0 bridgehead atoms. The normalized spacial score (nSPS) is 10.6. The average molecular weight is 361 g/mol. The van der Waals surface area contributed by atoms with E-state index in [-0.39, 0.29) is 23.4 Å². The fourth-order valence-corrected chi connectivity index (χ4v) is 2.96. The fourth-order valence-electron chi connectivity index (χ4n) is 2.75. The molecule has 0 fully saturated rings. The highest BCUT2D eigenvalue weighted by molar-refractivity contribution is 8.13. The largest absolute Gasteiger partial charge is 0.486 e. The lowest BCUT2D eigenvalue weighted by molar-refractivity contribution is 0.269. The van der Waals surface area contributed by atoms with Gasteiger partial charge in [0.15, 0.2) is 11.6 Å². The molecule has 25 heavy (non-hydrogen) atoms. The summed E-state index contributed by atoms with van der Waals surface area (Å²) in [4.78, 5) is 11.7. The Hall–Kier alpha value is -2.01. The summed E-state index contributed by atoms with van der Waals surface area (Å²) in [5.41, 5.74) is 4.65. The molecule has 5 heteroatoms. The van der Waals surface area contributed by atoms with Gasteiger partial charge >= 0.3 is 0 Å². The van der Waals surface area contributed by atoms with Gasteiger partial charge in [0.1, 0.15) is 6.61 Å². The Morgan fingerprint density at radius 1 is 1.20 bits per heavy atom. The third-order valence-electron chi connectivity index (χ3n) is 4.22. The van der Waals surface area contributed by atoms with E-state index in [9.17, 15) is 9.18 Å². The molecule has 0 saturated heterocycles. The lowest BCUT2D eigenvalue weighted by atomic mass is 10.0. The van der Waals surface area contributed by atoms with Crippen molar-refractivity contribution in [2.75, 3.05) is 11.6 Å². The lowest BCUT2D eigenvalue weighted by Crippen LogP contribution is -2.10. The minimum Gasteiger partial charge on any atom is -0.486 e. The van der Waals surface area contributed by atoms with Gasteiger partial charge in [0.2, 0.25) is 0 Å². The maximum Gasteiger partial charge on any atom is 0.283 e. The van der Waals surface area contributed by atoms with Gasteiger partial charge in [-0.1, -0.05) is 37.7 Å². The molecule has 0 saturated carbocycles. The van der Waals surface area contributed by atoms with E-state index in [0.29, 0.717) is 5.69 Å². The van der Waals surface area contributed by atoms with Crippen molar-refractivity contribution in [3.05, 3.63) is 58.4 Å². The van der Waals surface area contributed by atoms with Gasteiger partial charge in [-0.3, -0.25) is 4.79 Å². The number of hydrogen-bond donors (Lipinski definition) is 1. The lowest BCUT2D eigenvalue weighted by Gasteiger charge is -2.16. The quantitative estimate of drug-likeness (QED) is 0.714. The van der Waals surface area contributed by atoms with E-state index in [2.05, 4.69) is 5.32 Å². The molecule has 0 aliphatic heterocycles. The van der Waals surface area contributed by atoms with Crippen LogP contribution < -0.4 is 10.1 Å². The third kappa shape index (κ3) is 4.75. The van der Waals surface area contributed by atoms with Gasteiger partial charge < -0.3 is 10.1 Å². The first-order chi connectivity index (χ1) is 12.0. The van der Waals surface area contributed by atoms with Crippen LogP contribution in [0.4, 0.5) is 14.9 Å². The summed E-state index contributed by atoms with van der Waals surface area (Å²) in [5.74, 6) is -0.117. The Balaban J connectivity index is 2.28. The number of carbonyl (C=O) groups excluding carboxylic acids is 1. The minimum atomic E-state index is -0.355. The Labute approximate surface area is 153 Å². The molecule has 2 aromatic carbocycles. The predicted octanol–water partition coefficient (Wildman–Crippen LogP) is 5.73. The fraction of sp³-hybridized carbons (Fsp3) is 0.350. The molecule has 134 valence electrons. The van der Waals surface area contributed by atoms with Crippen LogP contribution in [0.1, 0.15) is 36.1 Å². The van der Waals surface area contributed by atoms with Gasteiger partial charge in [-0.05, 0) is 60.9 Å². The van der Waals surface area contributed by atoms with E-state index >= 15 is 0 Å². The zero-order valence-electron chi connectivity index (χ0n) is 15.1. The average Bonchev–Trinajstić information content (AvgIpc) is 2.62. The van der Waals surface area contributed by atoms with Gasteiger partial charge in [-0.25, -0.2) is 4.39 Å². The number of rotatable bonds is 6. The molecular weight excluding hydrogens is 337 g/mol. The summed E-state index contributed by atoms with van der Waals surface area (Å²) in [6.45, 7) is 6.20. The number of aryl methyl sites for hydroxylation is 3. The van der Waals surface area contributed by atoms with Crippen molar-refractivity contribution in [3.63, 3.8) is 0 Å². The van der Waals surface area contributed by atoms with Crippen molar-refractivity contribution in [2.24, 2.45) is 0 Å². The van der Waals surface area contributed by atoms with E-state index in [1.807, 2.05) is 39.0 Å². The van der Waals surface area contributed by atoms with Crippen LogP contribution in [0.15, 0.2) is 30.3 Å². The monoisotopic (exact) mass is 361 g/mol. The van der Waals surface area contributed by atoms with E-state index in [0.717, 1.165) is 46.9 Å². The molecule has 2 aromatic rings. The molecule has 0 atom stereocenters. The molecular formula is C20H24FNO2S. The van der Waals surface area contributed by atoms with Gasteiger partial charge in [0.25, 0.3) is 5.24 Å². The molecule has 3 nitrogen and oxygen atoms in total. The molecule has 1 amide bonds. The first-order valence-corrected chi connectivity index (χ1v) is 9.60. The van der Waals surface area contributed by atoms with Crippen LogP contribution in [0.2, 0.25) is 0 Å². The van der Waals surface area contributed by atoms with Crippen LogP contribution in [0.5, 0.6) is 5.75 Å². The highest BCUT2D eigenvalue weighted by Gasteiger charge is 2.13. The van der Waals surface area contributed by atoms with Gasteiger partial charge in [-0.15, -0.1) is 0 Å². The third-order valence-corrected chi connectivity index (χ3v) is 4.69. The highest BCUT2D eigenvalue weighted by Crippen LogP contribution is 2.27. The molecule has 0 spiro atoms. The number of amides is 1. The number of carbonyl (C=O) groups is 1.